The van der Waals surface area contributed by atoms with Gasteiger partial charge >= 0.3 is 0 Å². The normalized spacial score (nSPS) is 14.0. The third-order valence-corrected chi connectivity index (χ3v) is 3.14. The fourth-order valence-corrected chi connectivity index (χ4v) is 2.08. The van der Waals surface area contributed by atoms with Gasteiger partial charge in [0.15, 0.2) is 5.78 Å². The average Bonchev–Trinajstić information content (AvgIpc) is 3.13. The summed E-state index contributed by atoms with van der Waals surface area (Å²) in [4.78, 5) is 13.4. The van der Waals surface area contributed by atoms with Gasteiger partial charge in [0.1, 0.15) is 5.75 Å². The Morgan fingerprint density at radius 3 is 2.78 bits per heavy atom. The van der Waals surface area contributed by atoms with Crippen LogP contribution >= 0.6 is 0 Å². The second-order valence-electron chi connectivity index (χ2n) is 4.59. The molecule has 0 bridgehead atoms. The van der Waals surface area contributed by atoms with Crippen molar-refractivity contribution in [2.45, 2.75) is 32.2 Å². The fraction of sp³-hybridized carbons (Fsp3) is 0.429. The van der Waals surface area contributed by atoms with Gasteiger partial charge in [-0.15, -0.1) is 0 Å². The van der Waals surface area contributed by atoms with E-state index in [2.05, 4.69) is 11.0 Å². The van der Waals surface area contributed by atoms with Gasteiger partial charge in [-0.3, -0.25) is 4.79 Å². The van der Waals surface area contributed by atoms with Crippen LogP contribution in [0.3, 0.4) is 0 Å². The van der Waals surface area contributed by atoms with E-state index in [1.54, 1.807) is 12.1 Å². The minimum absolute atomic E-state index is 0.0163. The number of hydrogen-bond acceptors (Lipinski definition) is 4. The van der Waals surface area contributed by atoms with Crippen molar-refractivity contribution in [1.29, 1.82) is 5.26 Å². The molecule has 1 aliphatic carbocycles. The van der Waals surface area contributed by atoms with E-state index in [0.29, 0.717) is 24.6 Å². The lowest BCUT2D eigenvalue weighted by Gasteiger charge is -2.24. The lowest BCUT2D eigenvalue weighted by Crippen LogP contribution is -2.26. The third kappa shape index (κ3) is 2.62. The van der Waals surface area contributed by atoms with Crippen LogP contribution in [0.2, 0.25) is 0 Å². The molecule has 18 heavy (non-hydrogen) atoms. The largest absolute Gasteiger partial charge is 0.507 e. The Morgan fingerprint density at radius 1 is 1.56 bits per heavy atom. The van der Waals surface area contributed by atoms with Crippen LogP contribution in [-0.4, -0.2) is 23.5 Å². The van der Waals surface area contributed by atoms with Crippen molar-refractivity contribution in [1.82, 2.24) is 0 Å². The summed E-state index contributed by atoms with van der Waals surface area (Å²) in [7, 11) is 0. The molecule has 0 amide bonds. The van der Waals surface area contributed by atoms with E-state index in [4.69, 9.17) is 5.26 Å². The first kappa shape index (κ1) is 12.4. The minimum atomic E-state index is -0.144. The van der Waals surface area contributed by atoms with Crippen LogP contribution in [0.1, 0.15) is 36.5 Å². The fourth-order valence-electron chi connectivity index (χ4n) is 2.08. The first-order chi connectivity index (χ1) is 8.63. The molecular weight excluding hydrogens is 228 g/mol. The minimum Gasteiger partial charge on any atom is -0.507 e. The zero-order valence-electron chi connectivity index (χ0n) is 10.4. The maximum absolute atomic E-state index is 11.2. The number of phenolic OH excluding ortho intramolecular Hbond substituents is 1. The highest BCUT2D eigenvalue weighted by Gasteiger charge is 2.29. The van der Waals surface area contributed by atoms with Gasteiger partial charge in [-0.2, -0.15) is 5.26 Å². The highest BCUT2D eigenvalue weighted by Crippen LogP contribution is 2.34. The number of benzene rings is 1. The van der Waals surface area contributed by atoms with E-state index in [1.807, 2.05) is 6.07 Å². The lowest BCUT2D eigenvalue weighted by molar-refractivity contribution is 0.101. The number of carbonyl (C=O) groups excluding carboxylic acids is 1. The molecular formula is C14H16N2O2. The summed E-state index contributed by atoms with van der Waals surface area (Å²) in [6, 6.07) is 7.71. The molecule has 4 heteroatoms. The summed E-state index contributed by atoms with van der Waals surface area (Å²) < 4.78 is 0. The molecule has 1 N–H and O–H groups in total. The number of nitriles is 1. The van der Waals surface area contributed by atoms with Gasteiger partial charge in [0.2, 0.25) is 0 Å². The quantitative estimate of drug-likeness (QED) is 0.808. The Morgan fingerprint density at radius 2 is 2.28 bits per heavy atom. The van der Waals surface area contributed by atoms with Gasteiger partial charge in [-0.25, -0.2) is 0 Å². The smallest absolute Gasteiger partial charge is 0.163 e. The number of rotatable bonds is 5. The standard InChI is InChI=1S/C14H16N2O2/c1-10(17)13-6-5-12(9-14(13)18)16(8-2-7-15)11-3-4-11/h5-6,9,11,18H,2-4,8H2,1H3. The molecule has 0 radical (unpaired) electrons. The van der Waals surface area contributed by atoms with Crippen molar-refractivity contribution in [2.24, 2.45) is 0 Å². The third-order valence-electron chi connectivity index (χ3n) is 3.14. The van der Waals surface area contributed by atoms with Crippen LogP contribution in [0, 0.1) is 11.3 Å². The summed E-state index contributed by atoms with van der Waals surface area (Å²) in [6.07, 6.45) is 2.72. The number of Topliss-reactive ketones (excluding diaryl/α,β-unsaturated/α-hetero) is 1. The molecule has 2 rings (SSSR count). The average molecular weight is 244 g/mol. The summed E-state index contributed by atoms with van der Waals surface area (Å²) in [5, 5.41) is 18.5. The van der Waals surface area contributed by atoms with Crippen LogP contribution in [-0.2, 0) is 0 Å². The first-order valence-corrected chi connectivity index (χ1v) is 6.11. The Hall–Kier alpha value is -2.02. The maximum atomic E-state index is 11.2. The van der Waals surface area contributed by atoms with Crippen LogP contribution in [0.4, 0.5) is 5.69 Å². The molecule has 0 atom stereocenters. The Bertz CT molecular complexity index is 501. The van der Waals surface area contributed by atoms with E-state index in [1.165, 1.54) is 6.92 Å². The van der Waals surface area contributed by atoms with Crippen molar-refractivity contribution < 1.29 is 9.90 Å². The molecule has 0 spiro atoms. The van der Waals surface area contributed by atoms with E-state index < -0.39 is 0 Å². The molecule has 1 aliphatic rings. The molecule has 1 saturated carbocycles. The summed E-state index contributed by atoms with van der Waals surface area (Å²) >= 11 is 0. The number of anilines is 1. The molecule has 0 aliphatic heterocycles. The Kier molecular flexibility index (Phi) is 3.52. The van der Waals surface area contributed by atoms with E-state index in [0.717, 1.165) is 18.5 Å². The molecule has 4 nitrogen and oxygen atoms in total. The van der Waals surface area contributed by atoms with Crippen molar-refractivity contribution in [3.63, 3.8) is 0 Å². The van der Waals surface area contributed by atoms with Gasteiger partial charge in [-0.05, 0) is 31.9 Å². The molecule has 0 unspecified atom stereocenters. The highest BCUT2D eigenvalue weighted by molar-refractivity contribution is 5.97. The van der Waals surface area contributed by atoms with E-state index >= 15 is 0 Å². The molecule has 94 valence electrons. The number of carbonyl (C=O) groups is 1. The van der Waals surface area contributed by atoms with Crippen LogP contribution in [0.25, 0.3) is 0 Å². The topological polar surface area (TPSA) is 64.3 Å². The van der Waals surface area contributed by atoms with Crippen molar-refractivity contribution in [2.75, 3.05) is 11.4 Å². The SMILES string of the molecule is CC(=O)c1ccc(N(CCC#N)C2CC2)cc1O. The predicted octanol–water partition coefficient (Wildman–Crippen LogP) is 2.48. The first-order valence-electron chi connectivity index (χ1n) is 6.11. The number of nitrogens with zero attached hydrogens (tertiary/aromatic N) is 2. The number of phenols is 1. The summed E-state index contributed by atoms with van der Waals surface area (Å²) in [5.74, 6) is -0.128. The van der Waals surface area contributed by atoms with Gasteiger partial charge in [0.05, 0.1) is 18.1 Å². The number of aromatic hydroxyl groups is 1. The lowest BCUT2D eigenvalue weighted by atomic mass is 10.1. The van der Waals surface area contributed by atoms with Crippen LogP contribution in [0.15, 0.2) is 18.2 Å². The van der Waals surface area contributed by atoms with Gasteiger partial charge < -0.3 is 10.0 Å². The molecule has 1 aromatic rings. The number of ketones is 1. The molecule has 0 saturated heterocycles. The van der Waals surface area contributed by atoms with Crippen molar-refractivity contribution in [3.05, 3.63) is 23.8 Å². The molecule has 1 aromatic carbocycles. The number of hydrogen-bond donors (Lipinski definition) is 1. The van der Waals surface area contributed by atoms with Crippen molar-refractivity contribution in [3.8, 4) is 11.8 Å². The zero-order chi connectivity index (χ0) is 13.1. The van der Waals surface area contributed by atoms with E-state index in [9.17, 15) is 9.90 Å². The van der Waals surface area contributed by atoms with Gasteiger partial charge in [0, 0.05) is 24.3 Å². The van der Waals surface area contributed by atoms with Crippen LogP contribution in [0.5, 0.6) is 5.75 Å². The highest BCUT2D eigenvalue weighted by atomic mass is 16.3. The molecule has 0 heterocycles. The predicted molar refractivity (Wildman–Crippen MR) is 68.7 cm³/mol. The Labute approximate surface area is 106 Å². The second-order valence-corrected chi connectivity index (χ2v) is 4.59. The van der Waals surface area contributed by atoms with Gasteiger partial charge in [0.25, 0.3) is 0 Å². The summed E-state index contributed by atoms with van der Waals surface area (Å²) in [5.41, 5.74) is 1.23. The second kappa shape index (κ2) is 5.09. The molecule has 0 aromatic heterocycles. The van der Waals surface area contributed by atoms with Crippen LogP contribution < -0.4 is 4.90 Å². The maximum Gasteiger partial charge on any atom is 0.163 e. The summed E-state index contributed by atoms with van der Waals surface area (Å²) in [6.45, 7) is 2.10. The monoisotopic (exact) mass is 244 g/mol. The van der Waals surface area contributed by atoms with Gasteiger partial charge in [-0.1, -0.05) is 0 Å². The van der Waals surface area contributed by atoms with Crippen molar-refractivity contribution >= 4 is 11.5 Å². The Balaban J connectivity index is 2.23. The zero-order valence-corrected chi connectivity index (χ0v) is 10.4. The van der Waals surface area contributed by atoms with E-state index in [-0.39, 0.29) is 11.5 Å². The molecule has 1 fully saturated rings.